The number of alkyl halides is 1. The molecule has 1 aliphatic rings. The highest BCUT2D eigenvalue weighted by atomic mass is 35.5. The maximum Gasteiger partial charge on any atom is 0.356 e. The fraction of sp³-hybridized carbons (Fsp3) is 0.105. The highest BCUT2D eigenvalue weighted by Gasteiger charge is 2.28. The molecule has 2 aromatic carbocycles. The minimum atomic E-state index is -1.12. The van der Waals surface area contributed by atoms with Crippen LogP contribution in [0.3, 0.4) is 0 Å². The number of aliphatic imine (C=N–C) groups is 1. The number of hydrogen-bond acceptors (Lipinski definition) is 3. The standard InChI is InChI=1S/C19H12Cl3N3O2/c20-8-16-24-18(19(26)27)15-9-23-17(11-3-1-2-4-13(11)22)12-7-10(21)5-6-14(12)25(15)16/h1-7H,8-9H2,(H,26,27). The maximum absolute atomic E-state index is 11.7. The Hall–Kier alpha value is -2.34. The van der Waals surface area contributed by atoms with Gasteiger partial charge in [0.25, 0.3) is 0 Å². The Morgan fingerprint density at radius 2 is 1.93 bits per heavy atom. The number of rotatable bonds is 3. The topological polar surface area (TPSA) is 67.5 Å². The van der Waals surface area contributed by atoms with Gasteiger partial charge < -0.3 is 5.11 Å². The second kappa shape index (κ2) is 7.00. The van der Waals surface area contributed by atoms with Gasteiger partial charge in [-0.3, -0.25) is 9.56 Å². The first-order chi connectivity index (χ1) is 13.0. The predicted octanol–water partition coefficient (Wildman–Crippen LogP) is 4.97. The molecular formula is C19H12Cl3N3O2. The molecule has 0 unspecified atom stereocenters. The summed E-state index contributed by atoms with van der Waals surface area (Å²) in [5.41, 5.74) is 3.22. The van der Waals surface area contributed by atoms with Crippen molar-refractivity contribution < 1.29 is 9.90 Å². The number of nitrogens with zero attached hydrogens (tertiary/aromatic N) is 3. The van der Waals surface area contributed by atoms with Gasteiger partial charge in [0.2, 0.25) is 0 Å². The monoisotopic (exact) mass is 419 g/mol. The van der Waals surface area contributed by atoms with E-state index in [9.17, 15) is 9.90 Å². The highest BCUT2D eigenvalue weighted by Crippen LogP contribution is 2.32. The minimum Gasteiger partial charge on any atom is -0.476 e. The van der Waals surface area contributed by atoms with Crippen LogP contribution in [0, 0.1) is 0 Å². The molecule has 2 heterocycles. The molecule has 1 N–H and O–H groups in total. The number of aromatic carboxylic acids is 1. The Bertz CT molecular complexity index is 1110. The van der Waals surface area contributed by atoms with Crippen molar-refractivity contribution in [3.8, 4) is 5.69 Å². The quantitative estimate of drug-likeness (QED) is 0.608. The van der Waals surface area contributed by atoms with Crippen molar-refractivity contribution in [3.63, 3.8) is 0 Å². The zero-order chi connectivity index (χ0) is 19.1. The fourth-order valence-corrected chi connectivity index (χ4v) is 3.79. The molecule has 3 aromatic rings. The first-order valence-corrected chi connectivity index (χ1v) is 9.29. The second-order valence-electron chi connectivity index (χ2n) is 5.90. The Balaban J connectivity index is 2.05. The van der Waals surface area contributed by atoms with Crippen LogP contribution in [-0.4, -0.2) is 26.3 Å². The molecule has 0 fully saturated rings. The van der Waals surface area contributed by atoms with Gasteiger partial charge in [-0.05, 0) is 24.3 Å². The maximum atomic E-state index is 11.7. The van der Waals surface area contributed by atoms with E-state index in [1.807, 2.05) is 24.3 Å². The van der Waals surface area contributed by atoms with Crippen LogP contribution in [0.25, 0.3) is 5.69 Å². The van der Waals surface area contributed by atoms with Gasteiger partial charge in [0.05, 0.1) is 29.5 Å². The Labute approximate surface area is 169 Å². The van der Waals surface area contributed by atoms with E-state index in [2.05, 4.69) is 9.98 Å². The zero-order valence-electron chi connectivity index (χ0n) is 13.8. The van der Waals surface area contributed by atoms with Crippen LogP contribution in [0.5, 0.6) is 0 Å². The number of imidazole rings is 1. The molecule has 0 amide bonds. The van der Waals surface area contributed by atoms with E-state index in [-0.39, 0.29) is 18.1 Å². The smallest absolute Gasteiger partial charge is 0.356 e. The molecule has 0 spiro atoms. The van der Waals surface area contributed by atoms with Gasteiger partial charge in [-0.15, -0.1) is 11.6 Å². The van der Waals surface area contributed by atoms with Gasteiger partial charge >= 0.3 is 5.97 Å². The summed E-state index contributed by atoms with van der Waals surface area (Å²) in [6.07, 6.45) is 0. The SMILES string of the molecule is O=C(O)c1nc(CCl)n2c1CN=C(c1ccccc1Cl)c1cc(Cl)ccc1-2. The molecule has 0 saturated heterocycles. The lowest BCUT2D eigenvalue weighted by Crippen LogP contribution is -2.09. The highest BCUT2D eigenvalue weighted by molar-refractivity contribution is 6.36. The number of benzene rings is 2. The third-order valence-corrected chi connectivity index (χ3v) is 5.14. The first-order valence-electron chi connectivity index (χ1n) is 8.00. The van der Waals surface area contributed by atoms with Gasteiger partial charge in [0.1, 0.15) is 5.82 Å². The van der Waals surface area contributed by atoms with Crippen LogP contribution >= 0.6 is 34.8 Å². The molecule has 0 atom stereocenters. The number of halogens is 3. The molecule has 0 aliphatic carbocycles. The molecule has 8 heteroatoms. The number of fused-ring (bicyclic) bond motifs is 3. The van der Waals surface area contributed by atoms with E-state index in [4.69, 9.17) is 34.8 Å². The average Bonchev–Trinajstić information content (AvgIpc) is 2.94. The molecule has 1 aromatic heterocycles. The van der Waals surface area contributed by atoms with Crippen LogP contribution in [0.2, 0.25) is 10.0 Å². The number of carboxylic acids is 1. The molecule has 0 bridgehead atoms. The summed E-state index contributed by atoms with van der Waals surface area (Å²) < 4.78 is 1.75. The number of carbonyl (C=O) groups is 1. The number of carboxylic acid groups (broad SMARTS) is 1. The fourth-order valence-electron chi connectivity index (χ4n) is 3.21. The van der Waals surface area contributed by atoms with Gasteiger partial charge in [0, 0.05) is 21.2 Å². The Morgan fingerprint density at radius 3 is 2.63 bits per heavy atom. The van der Waals surface area contributed by atoms with Gasteiger partial charge in [-0.2, -0.15) is 0 Å². The summed E-state index contributed by atoms with van der Waals surface area (Å²) >= 11 is 18.7. The van der Waals surface area contributed by atoms with Crippen LogP contribution in [-0.2, 0) is 12.4 Å². The summed E-state index contributed by atoms with van der Waals surface area (Å²) in [6.45, 7) is 0.123. The third-order valence-electron chi connectivity index (χ3n) is 4.33. The van der Waals surface area contributed by atoms with Crippen molar-refractivity contribution in [1.29, 1.82) is 0 Å². The number of aromatic nitrogens is 2. The van der Waals surface area contributed by atoms with Crippen LogP contribution in [0.4, 0.5) is 0 Å². The zero-order valence-corrected chi connectivity index (χ0v) is 16.1. The molecule has 136 valence electrons. The van der Waals surface area contributed by atoms with Crippen LogP contribution < -0.4 is 0 Å². The normalized spacial score (nSPS) is 12.8. The van der Waals surface area contributed by atoms with E-state index >= 15 is 0 Å². The summed E-state index contributed by atoms with van der Waals surface area (Å²) in [5.74, 6) is -0.630. The summed E-state index contributed by atoms with van der Waals surface area (Å²) in [6, 6.07) is 12.7. The van der Waals surface area contributed by atoms with Crippen LogP contribution in [0.1, 0.15) is 33.1 Å². The molecule has 27 heavy (non-hydrogen) atoms. The van der Waals surface area contributed by atoms with E-state index in [0.29, 0.717) is 33.0 Å². The predicted molar refractivity (Wildman–Crippen MR) is 106 cm³/mol. The molecule has 0 saturated carbocycles. The largest absolute Gasteiger partial charge is 0.476 e. The van der Waals surface area contributed by atoms with Gasteiger partial charge in [0.15, 0.2) is 5.69 Å². The molecular weight excluding hydrogens is 409 g/mol. The summed E-state index contributed by atoms with van der Waals surface area (Å²) in [4.78, 5) is 20.5. The van der Waals surface area contributed by atoms with Crippen LogP contribution in [0.15, 0.2) is 47.5 Å². The average molecular weight is 421 g/mol. The van der Waals surface area contributed by atoms with E-state index < -0.39 is 5.97 Å². The number of hydrogen-bond donors (Lipinski definition) is 1. The lowest BCUT2D eigenvalue weighted by atomic mass is 10.0. The van der Waals surface area contributed by atoms with Crippen molar-refractivity contribution in [1.82, 2.24) is 9.55 Å². The van der Waals surface area contributed by atoms with E-state index in [0.717, 1.165) is 11.1 Å². The first kappa shape index (κ1) is 18.0. The Kier molecular flexibility index (Phi) is 4.68. The van der Waals surface area contributed by atoms with Crippen molar-refractivity contribution >= 4 is 46.5 Å². The summed E-state index contributed by atoms with van der Waals surface area (Å²) in [7, 11) is 0. The minimum absolute atomic E-state index is 0.0593. The molecule has 5 nitrogen and oxygen atoms in total. The Morgan fingerprint density at radius 1 is 1.15 bits per heavy atom. The second-order valence-corrected chi connectivity index (χ2v) is 7.01. The van der Waals surface area contributed by atoms with Crippen molar-refractivity contribution in [2.24, 2.45) is 4.99 Å². The van der Waals surface area contributed by atoms with Crippen molar-refractivity contribution in [2.75, 3.05) is 0 Å². The lowest BCUT2D eigenvalue weighted by Gasteiger charge is -2.14. The third kappa shape index (κ3) is 3.02. The van der Waals surface area contributed by atoms with Gasteiger partial charge in [-0.25, -0.2) is 9.78 Å². The lowest BCUT2D eigenvalue weighted by molar-refractivity contribution is 0.0689. The summed E-state index contributed by atoms with van der Waals surface area (Å²) in [5, 5.41) is 10.6. The van der Waals surface area contributed by atoms with Crippen molar-refractivity contribution in [3.05, 3.63) is 80.8 Å². The molecule has 4 rings (SSSR count). The van der Waals surface area contributed by atoms with Crippen molar-refractivity contribution in [2.45, 2.75) is 12.4 Å². The molecule has 0 radical (unpaired) electrons. The van der Waals surface area contributed by atoms with E-state index in [1.54, 1.807) is 22.8 Å². The van der Waals surface area contributed by atoms with E-state index in [1.165, 1.54) is 0 Å². The molecule has 1 aliphatic heterocycles. The van der Waals surface area contributed by atoms with Gasteiger partial charge in [-0.1, -0.05) is 41.4 Å².